The van der Waals surface area contributed by atoms with Crippen molar-refractivity contribution >= 4 is 30.6 Å². The van der Waals surface area contributed by atoms with Gasteiger partial charge in [-0.15, -0.1) is 0 Å². The third-order valence-electron chi connectivity index (χ3n) is 8.00. The quantitative estimate of drug-likeness (QED) is 0.290. The van der Waals surface area contributed by atoms with E-state index in [1.54, 1.807) is 0 Å². The molecule has 0 saturated carbocycles. The zero-order valence-corrected chi connectivity index (χ0v) is 25.2. The first-order chi connectivity index (χ1) is 19.6. The minimum atomic E-state index is -2.89. The summed E-state index contributed by atoms with van der Waals surface area (Å²) in [6.07, 6.45) is -2.63. The molecule has 216 valence electrons. The highest BCUT2D eigenvalue weighted by atomic mass is 28.4. The molecule has 3 aromatic carbocycles. The average molecular weight is 575 g/mol. The first kappa shape index (κ1) is 29.2. The Hall–Kier alpha value is -3.30. The molecule has 2 aliphatic heterocycles. The van der Waals surface area contributed by atoms with Gasteiger partial charge in [0.25, 0.3) is 8.32 Å². The maximum absolute atomic E-state index is 12.4. The predicted octanol–water partition coefficient (Wildman–Crippen LogP) is 4.47. The lowest BCUT2D eigenvalue weighted by atomic mass is 9.86. The van der Waals surface area contributed by atoms with E-state index in [2.05, 4.69) is 45.0 Å². The molecule has 2 fully saturated rings. The average Bonchev–Trinajstić information content (AvgIpc) is 3.43. The van der Waals surface area contributed by atoms with Crippen molar-refractivity contribution in [3.63, 3.8) is 0 Å². The van der Waals surface area contributed by atoms with Gasteiger partial charge in [-0.3, -0.25) is 9.59 Å². The number of hydrogen-bond donors (Lipinski definition) is 0. The third-order valence-corrected chi connectivity index (χ3v) is 13.0. The van der Waals surface area contributed by atoms with E-state index >= 15 is 0 Å². The monoisotopic (exact) mass is 574 g/mol. The Labute approximate surface area is 242 Å². The lowest BCUT2D eigenvalue weighted by Gasteiger charge is -2.43. The van der Waals surface area contributed by atoms with Crippen LogP contribution in [0.25, 0.3) is 0 Å². The van der Waals surface area contributed by atoms with Crippen LogP contribution in [-0.4, -0.2) is 51.5 Å². The van der Waals surface area contributed by atoms with Crippen LogP contribution < -0.4 is 10.4 Å². The summed E-state index contributed by atoms with van der Waals surface area (Å²) in [6.45, 7) is 9.54. The van der Waals surface area contributed by atoms with Crippen LogP contribution in [0.3, 0.4) is 0 Å². The van der Waals surface area contributed by atoms with E-state index in [0.717, 1.165) is 15.9 Å². The zero-order chi connectivity index (χ0) is 29.3. The van der Waals surface area contributed by atoms with Gasteiger partial charge in [-0.25, -0.2) is 0 Å². The zero-order valence-electron chi connectivity index (χ0n) is 24.2. The molecule has 5 rings (SSSR count). The van der Waals surface area contributed by atoms with Gasteiger partial charge < -0.3 is 23.4 Å². The van der Waals surface area contributed by atoms with Crippen LogP contribution in [0.15, 0.2) is 91.0 Å². The summed E-state index contributed by atoms with van der Waals surface area (Å²) in [5, 5.41) is 2.05. The third kappa shape index (κ3) is 5.49. The molecule has 0 N–H and O–H groups in total. The Morgan fingerprint density at radius 1 is 0.829 bits per heavy atom. The molecule has 0 bridgehead atoms. The van der Waals surface area contributed by atoms with E-state index in [-0.39, 0.29) is 18.1 Å². The van der Waals surface area contributed by atoms with Crippen molar-refractivity contribution in [2.24, 2.45) is 0 Å². The Bertz CT molecular complexity index is 1300. The molecule has 2 saturated heterocycles. The largest absolute Gasteiger partial charge is 0.457 e. The summed E-state index contributed by atoms with van der Waals surface area (Å²) in [7, 11) is -2.89. The van der Waals surface area contributed by atoms with Crippen molar-refractivity contribution in [3.8, 4) is 0 Å². The summed E-state index contributed by atoms with van der Waals surface area (Å²) in [4.78, 5) is 24.2. The molecule has 0 aliphatic carbocycles. The Morgan fingerprint density at radius 2 is 1.34 bits per heavy atom. The van der Waals surface area contributed by atoms with Crippen LogP contribution >= 0.6 is 0 Å². The highest BCUT2D eigenvalue weighted by Crippen LogP contribution is 2.52. The number of esters is 2. The number of ether oxygens (including phenoxy) is 4. The SMILES string of the molecule is CC(=O)OC1C[C@@]2(c3ccccc3)O[C@H](CO[Si](c3ccccc3)(c3ccccc3)C(C)(C)C)[C@@H](OC(C)=O)[C@H]2O1. The van der Waals surface area contributed by atoms with E-state index in [9.17, 15) is 9.59 Å². The van der Waals surface area contributed by atoms with Crippen LogP contribution in [0.5, 0.6) is 0 Å². The van der Waals surface area contributed by atoms with E-state index in [1.165, 1.54) is 13.8 Å². The van der Waals surface area contributed by atoms with Crippen molar-refractivity contribution < 1.29 is 33.0 Å². The lowest BCUT2D eigenvalue weighted by molar-refractivity contribution is -0.186. The Morgan fingerprint density at radius 3 is 1.83 bits per heavy atom. The van der Waals surface area contributed by atoms with Gasteiger partial charge in [0.2, 0.25) is 6.29 Å². The molecule has 2 aliphatic rings. The minimum absolute atomic E-state index is 0.178. The predicted molar refractivity (Wildman–Crippen MR) is 157 cm³/mol. The molecule has 8 heteroatoms. The second kappa shape index (κ2) is 11.5. The fraction of sp³-hybridized carbons (Fsp3) is 0.394. The summed E-state index contributed by atoms with van der Waals surface area (Å²) in [5.74, 6) is -0.897. The van der Waals surface area contributed by atoms with Gasteiger partial charge >= 0.3 is 11.9 Å². The standard InChI is InChI=1S/C33H38O7Si/c1-23(34)37-29-21-33(25-15-9-6-10-16-25)31(39-29)30(38-24(2)35)28(40-33)22-36-41(32(3,4)5,26-17-11-7-12-18-26)27-19-13-8-14-20-27/h6-20,28-31H,21-22H2,1-5H3/t28-,29?,30-,31-,33+/m1/s1. The molecular weight excluding hydrogens is 536 g/mol. The topological polar surface area (TPSA) is 80.3 Å². The summed E-state index contributed by atoms with van der Waals surface area (Å²) >= 11 is 0. The van der Waals surface area contributed by atoms with Crippen LogP contribution in [0.2, 0.25) is 5.04 Å². The van der Waals surface area contributed by atoms with Gasteiger partial charge in [0.15, 0.2) is 6.10 Å². The van der Waals surface area contributed by atoms with Crippen molar-refractivity contribution in [1.82, 2.24) is 0 Å². The number of carbonyl (C=O) groups excluding carboxylic acids is 2. The second-order valence-corrected chi connectivity index (χ2v) is 16.1. The van der Waals surface area contributed by atoms with Crippen LogP contribution in [0.4, 0.5) is 0 Å². The minimum Gasteiger partial charge on any atom is -0.457 e. The van der Waals surface area contributed by atoms with E-state index in [0.29, 0.717) is 0 Å². The van der Waals surface area contributed by atoms with Gasteiger partial charge in [-0.1, -0.05) is 112 Å². The molecule has 0 amide bonds. The highest BCUT2D eigenvalue weighted by Gasteiger charge is 2.65. The molecule has 7 nitrogen and oxygen atoms in total. The number of fused-ring (bicyclic) bond motifs is 1. The molecule has 41 heavy (non-hydrogen) atoms. The van der Waals surface area contributed by atoms with Gasteiger partial charge in [-0.05, 0) is 21.0 Å². The Balaban J connectivity index is 1.55. The van der Waals surface area contributed by atoms with Crippen LogP contribution in [-0.2, 0) is 38.6 Å². The smallest absolute Gasteiger partial charge is 0.304 e. The lowest BCUT2D eigenvalue weighted by Crippen LogP contribution is -2.67. The molecule has 0 aromatic heterocycles. The molecule has 5 atom stereocenters. The first-order valence-electron chi connectivity index (χ1n) is 14.0. The first-order valence-corrected chi connectivity index (χ1v) is 16.0. The molecule has 0 spiro atoms. The number of benzene rings is 3. The van der Waals surface area contributed by atoms with E-state index in [4.69, 9.17) is 23.4 Å². The molecule has 0 radical (unpaired) electrons. The highest BCUT2D eigenvalue weighted by molar-refractivity contribution is 6.99. The molecule has 2 heterocycles. The second-order valence-electron chi connectivity index (χ2n) is 11.8. The number of rotatable bonds is 8. The summed E-state index contributed by atoms with van der Waals surface area (Å²) < 4.78 is 31.7. The normalized spacial score (nSPS) is 25.9. The van der Waals surface area contributed by atoms with Crippen LogP contribution in [0, 0.1) is 0 Å². The number of hydrogen-bond acceptors (Lipinski definition) is 7. The van der Waals surface area contributed by atoms with E-state index in [1.807, 2.05) is 66.7 Å². The van der Waals surface area contributed by atoms with Crippen LogP contribution in [0.1, 0.15) is 46.6 Å². The van der Waals surface area contributed by atoms with E-state index < -0.39 is 50.5 Å². The molecule has 1 unspecified atom stereocenters. The number of carbonyl (C=O) groups is 2. The van der Waals surface area contributed by atoms with Crippen molar-refractivity contribution in [2.75, 3.05) is 6.61 Å². The maximum Gasteiger partial charge on any atom is 0.304 e. The maximum atomic E-state index is 12.4. The van der Waals surface area contributed by atoms with Gasteiger partial charge in [0.1, 0.15) is 17.8 Å². The fourth-order valence-corrected chi connectivity index (χ4v) is 11.0. The van der Waals surface area contributed by atoms with Crippen molar-refractivity contribution in [2.45, 2.75) is 76.3 Å². The van der Waals surface area contributed by atoms with Crippen molar-refractivity contribution in [1.29, 1.82) is 0 Å². The Kier molecular flexibility index (Phi) is 8.21. The summed E-state index contributed by atoms with van der Waals surface area (Å²) in [6, 6.07) is 30.4. The van der Waals surface area contributed by atoms with Gasteiger partial charge in [0, 0.05) is 20.3 Å². The van der Waals surface area contributed by atoms with Gasteiger partial charge in [-0.2, -0.15) is 0 Å². The van der Waals surface area contributed by atoms with Crippen molar-refractivity contribution in [3.05, 3.63) is 96.6 Å². The molecule has 3 aromatic rings. The fourth-order valence-electron chi connectivity index (χ4n) is 6.43. The molecular formula is C33H38O7Si. The van der Waals surface area contributed by atoms with Gasteiger partial charge in [0.05, 0.1) is 6.61 Å². The summed E-state index contributed by atoms with van der Waals surface area (Å²) in [5.41, 5.74) is -0.120.